The number of benzene rings is 2. The van der Waals surface area contributed by atoms with Gasteiger partial charge in [0.2, 0.25) is 5.82 Å². The maximum Gasteiger partial charge on any atom is 0.204 e. The molecule has 0 fully saturated rings. The van der Waals surface area contributed by atoms with Gasteiger partial charge in [0, 0.05) is 11.1 Å². The summed E-state index contributed by atoms with van der Waals surface area (Å²) in [5, 5.41) is 12.2. The standard InChI is InChI=1S/C14H11FN4/c15-13-9-5-4-8-12(13)10-19-17-14(16-18-19)11-6-2-1-3-7-11/h1-9H,10H2. The van der Waals surface area contributed by atoms with Crippen molar-refractivity contribution in [3.63, 3.8) is 0 Å². The molecule has 3 rings (SSSR count). The summed E-state index contributed by atoms with van der Waals surface area (Å²) in [5.74, 6) is 0.276. The number of rotatable bonds is 3. The second-order valence-electron chi connectivity index (χ2n) is 4.10. The van der Waals surface area contributed by atoms with Crippen molar-refractivity contribution in [1.82, 2.24) is 20.2 Å². The van der Waals surface area contributed by atoms with Crippen molar-refractivity contribution in [2.75, 3.05) is 0 Å². The smallest absolute Gasteiger partial charge is 0.204 e. The summed E-state index contributed by atoms with van der Waals surface area (Å²) >= 11 is 0. The zero-order valence-electron chi connectivity index (χ0n) is 10.1. The molecule has 0 spiro atoms. The average Bonchev–Trinajstić information content (AvgIpc) is 2.91. The van der Waals surface area contributed by atoms with E-state index in [1.54, 1.807) is 18.2 Å². The van der Waals surface area contributed by atoms with Crippen LogP contribution in [0.15, 0.2) is 54.6 Å². The van der Waals surface area contributed by atoms with E-state index in [1.807, 2.05) is 30.3 Å². The van der Waals surface area contributed by atoms with Crippen molar-refractivity contribution < 1.29 is 4.39 Å². The zero-order chi connectivity index (χ0) is 13.1. The molecule has 0 unspecified atom stereocenters. The fourth-order valence-corrected chi connectivity index (χ4v) is 1.79. The highest BCUT2D eigenvalue weighted by atomic mass is 19.1. The summed E-state index contributed by atoms with van der Waals surface area (Å²) in [6.07, 6.45) is 0. The van der Waals surface area contributed by atoms with Crippen LogP contribution in [0.5, 0.6) is 0 Å². The van der Waals surface area contributed by atoms with Crippen molar-refractivity contribution in [2.45, 2.75) is 6.54 Å². The molecular weight excluding hydrogens is 243 g/mol. The lowest BCUT2D eigenvalue weighted by atomic mass is 10.2. The Morgan fingerprint density at radius 3 is 2.47 bits per heavy atom. The number of halogens is 1. The highest BCUT2D eigenvalue weighted by molar-refractivity contribution is 5.52. The molecule has 2 aromatic carbocycles. The van der Waals surface area contributed by atoms with Gasteiger partial charge in [0.05, 0.1) is 6.54 Å². The molecule has 1 heterocycles. The van der Waals surface area contributed by atoms with Crippen LogP contribution in [-0.4, -0.2) is 20.2 Å². The molecule has 94 valence electrons. The monoisotopic (exact) mass is 254 g/mol. The lowest BCUT2D eigenvalue weighted by Gasteiger charge is -2.00. The molecule has 0 aliphatic carbocycles. The molecule has 0 aliphatic heterocycles. The number of tetrazole rings is 1. The van der Waals surface area contributed by atoms with Gasteiger partial charge in [-0.3, -0.25) is 0 Å². The summed E-state index contributed by atoms with van der Waals surface area (Å²) in [6, 6.07) is 16.1. The quantitative estimate of drug-likeness (QED) is 0.721. The SMILES string of the molecule is Fc1ccccc1Cn1nnc(-c2ccccc2)n1. The van der Waals surface area contributed by atoms with E-state index in [9.17, 15) is 4.39 Å². The highest BCUT2D eigenvalue weighted by Crippen LogP contribution is 2.13. The van der Waals surface area contributed by atoms with E-state index in [0.29, 0.717) is 11.4 Å². The molecule has 3 aromatic rings. The lowest BCUT2D eigenvalue weighted by Crippen LogP contribution is -2.05. The first-order valence-corrected chi connectivity index (χ1v) is 5.89. The van der Waals surface area contributed by atoms with Crippen molar-refractivity contribution >= 4 is 0 Å². The van der Waals surface area contributed by atoms with Crippen LogP contribution >= 0.6 is 0 Å². The molecule has 0 aliphatic rings. The molecule has 0 amide bonds. The van der Waals surface area contributed by atoms with Gasteiger partial charge in [-0.25, -0.2) is 4.39 Å². The molecule has 4 nitrogen and oxygen atoms in total. The largest absolute Gasteiger partial charge is 0.207 e. The predicted molar refractivity (Wildman–Crippen MR) is 68.8 cm³/mol. The summed E-state index contributed by atoms with van der Waals surface area (Å²) in [4.78, 5) is 1.39. The topological polar surface area (TPSA) is 43.6 Å². The molecule has 0 saturated carbocycles. The Kier molecular flexibility index (Phi) is 3.02. The molecule has 0 radical (unpaired) electrons. The van der Waals surface area contributed by atoms with Crippen LogP contribution in [0.4, 0.5) is 4.39 Å². The fraction of sp³-hybridized carbons (Fsp3) is 0.0714. The van der Waals surface area contributed by atoms with Crippen LogP contribution in [0, 0.1) is 5.82 Å². The van der Waals surface area contributed by atoms with Crippen molar-refractivity contribution in [1.29, 1.82) is 0 Å². The number of hydrogen-bond donors (Lipinski definition) is 0. The van der Waals surface area contributed by atoms with Gasteiger partial charge in [0.1, 0.15) is 5.82 Å². The van der Waals surface area contributed by atoms with Gasteiger partial charge < -0.3 is 0 Å². The third-order valence-electron chi connectivity index (χ3n) is 2.75. The minimum atomic E-state index is -0.263. The first-order valence-electron chi connectivity index (χ1n) is 5.89. The number of aromatic nitrogens is 4. The number of nitrogens with zero attached hydrogens (tertiary/aromatic N) is 4. The van der Waals surface area contributed by atoms with Gasteiger partial charge in [-0.05, 0) is 11.3 Å². The Balaban J connectivity index is 1.85. The van der Waals surface area contributed by atoms with E-state index in [0.717, 1.165) is 5.56 Å². The molecule has 0 atom stereocenters. The fourth-order valence-electron chi connectivity index (χ4n) is 1.79. The van der Waals surface area contributed by atoms with Crippen LogP contribution in [0.1, 0.15) is 5.56 Å². The minimum Gasteiger partial charge on any atom is -0.207 e. The molecule has 0 N–H and O–H groups in total. The Bertz CT molecular complexity index is 679. The summed E-state index contributed by atoms with van der Waals surface area (Å²) in [5.41, 5.74) is 1.43. The first kappa shape index (κ1) is 11.5. The Hall–Kier alpha value is -2.56. The molecular formula is C14H11FN4. The van der Waals surface area contributed by atoms with E-state index in [2.05, 4.69) is 15.4 Å². The Labute approximate surface area is 109 Å². The van der Waals surface area contributed by atoms with E-state index in [1.165, 1.54) is 10.9 Å². The van der Waals surface area contributed by atoms with Gasteiger partial charge in [-0.2, -0.15) is 4.80 Å². The van der Waals surface area contributed by atoms with Crippen LogP contribution in [0.2, 0.25) is 0 Å². The second kappa shape index (κ2) is 4.97. The minimum absolute atomic E-state index is 0.263. The Morgan fingerprint density at radius 2 is 1.68 bits per heavy atom. The van der Waals surface area contributed by atoms with Gasteiger partial charge in [0.15, 0.2) is 0 Å². The summed E-state index contributed by atoms with van der Waals surface area (Å²) in [6.45, 7) is 0.270. The third kappa shape index (κ3) is 2.49. The molecule has 5 heteroatoms. The summed E-state index contributed by atoms with van der Waals surface area (Å²) < 4.78 is 13.5. The van der Waals surface area contributed by atoms with Gasteiger partial charge >= 0.3 is 0 Å². The van der Waals surface area contributed by atoms with Crippen LogP contribution in [0.25, 0.3) is 11.4 Å². The Morgan fingerprint density at radius 1 is 0.947 bits per heavy atom. The average molecular weight is 254 g/mol. The van der Waals surface area contributed by atoms with E-state index >= 15 is 0 Å². The van der Waals surface area contributed by atoms with Gasteiger partial charge in [-0.15, -0.1) is 10.2 Å². The zero-order valence-corrected chi connectivity index (χ0v) is 10.1. The number of hydrogen-bond acceptors (Lipinski definition) is 3. The summed E-state index contributed by atoms with van der Waals surface area (Å²) in [7, 11) is 0. The molecule has 1 aromatic heterocycles. The highest BCUT2D eigenvalue weighted by Gasteiger charge is 2.07. The maximum atomic E-state index is 13.5. The first-order chi connectivity index (χ1) is 9.33. The third-order valence-corrected chi connectivity index (χ3v) is 2.75. The van der Waals surface area contributed by atoms with Crippen molar-refractivity contribution in [2.24, 2.45) is 0 Å². The van der Waals surface area contributed by atoms with Crippen molar-refractivity contribution in [3.05, 3.63) is 66.0 Å². The van der Waals surface area contributed by atoms with Gasteiger partial charge in [-0.1, -0.05) is 48.5 Å². The molecule has 0 saturated heterocycles. The van der Waals surface area contributed by atoms with E-state index < -0.39 is 0 Å². The predicted octanol–water partition coefficient (Wildman–Crippen LogP) is 2.53. The lowest BCUT2D eigenvalue weighted by molar-refractivity contribution is 0.539. The van der Waals surface area contributed by atoms with E-state index in [-0.39, 0.29) is 12.4 Å². The normalized spacial score (nSPS) is 10.6. The maximum absolute atomic E-state index is 13.5. The van der Waals surface area contributed by atoms with Crippen LogP contribution in [-0.2, 0) is 6.54 Å². The van der Waals surface area contributed by atoms with Crippen LogP contribution in [0.3, 0.4) is 0 Å². The van der Waals surface area contributed by atoms with E-state index in [4.69, 9.17) is 0 Å². The molecule has 19 heavy (non-hydrogen) atoms. The van der Waals surface area contributed by atoms with Crippen LogP contribution < -0.4 is 0 Å². The van der Waals surface area contributed by atoms with Gasteiger partial charge in [0.25, 0.3) is 0 Å². The van der Waals surface area contributed by atoms with Crippen molar-refractivity contribution in [3.8, 4) is 11.4 Å². The second-order valence-corrected chi connectivity index (χ2v) is 4.10. The molecule has 0 bridgehead atoms.